The molecule has 2 rings (SSSR count). The average molecular weight is 237 g/mol. The van der Waals surface area contributed by atoms with Crippen LogP contribution in [0.5, 0.6) is 0 Å². The summed E-state index contributed by atoms with van der Waals surface area (Å²) < 4.78 is 0. The van der Waals surface area contributed by atoms with E-state index in [0.717, 1.165) is 5.69 Å². The number of hydrogen-bond donors (Lipinski definition) is 3. The maximum atomic E-state index is 11.8. The van der Waals surface area contributed by atoms with Crippen molar-refractivity contribution >= 4 is 12.0 Å². The van der Waals surface area contributed by atoms with Crippen LogP contribution in [0.25, 0.3) is 0 Å². The van der Waals surface area contributed by atoms with Gasteiger partial charge in [0.05, 0.1) is 6.04 Å². The molecule has 6 nitrogen and oxygen atoms in total. The third-order valence-electron chi connectivity index (χ3n) is 3.10. The number of urea groups is 1. The zero-order valence-corrected chi connectivity index (χ0v) is 9.73. The minimum atomic E-state index is -1.20. The first-order valence-electron chi connectivity index (χ1n) is 5.37. The Bertz CT molecular complexity index is 439. The van der Waals surface area contributed by atoms with Gasteiger partial charge in [-0.15, -0.1) is 0 Å². The molecule has 0 bridgehead atoms. The summed E-state index contributed by atoms with van der Waals surface area (Å²) in [4.78, 5) is 27.2. The molecule has 1 aliphatic heterocycles. The van der Waals surface area contributed by atoms with Crippen molar-refractivity contribution in [1.29, 1.82) is 0 Å². The first-order chi connectivity index (χ1) is 7.93. The fraction of sp³-hybridized carbons (Fsp3) is 0.455. The Morgan fingerprint density at radius 2 is 2.29 bits per heavy atom. The van der Waals surface area contributed by atoms with Gasteiger partial charge >= 0.3 is 12.0 Å². The van der Waals surface area contributed by atoms with Crippen molar-refractivity contribution in [2.75, 3.05) is 6.54 Å². The molecular weight excluding hydrogens is 222 g/mol. The molecular formula is C11H15N3O3. The van der Waals surface area contributed by atoms with Crippen LogP contribution in [0.1, 0.15) is 25.6 Å². The van der Waals surface area contributed by atoms with Gasteiger partial charge in [-0.1, -0.05) is 0 Å². The number of H-pyrrole nitrogens is 1. The number of carboxylic acid groups (broad SMARTS) is 1. The van der Waals surface area contributed by atoms with E-state index in [2.05, 4.69) is 10.3 Å². The Morgan fingerprint density at radius 1 is 1.59 bits per heavy atom. The van der Waals surface area contributed by atoms with Crippen molar-refractivity contribution in [2.45, 2.75) is 25.4 Å². The zero-order valence-electron chi connectivity index (χ0n) is 9.73. The molecule has 0 radical (unpaired) electrons. The number of rotatable bonds is 3. The van der Waals surface area contributed by atoms with Crippen LogP contribution in [0.4, 0.5) is 4.79 Å². The van der Waals surface area contributed by atoms with E-state index in [1.54, 1.807) is 6.20 Å². The van der Waals surface area contributed by atoms with Crippen LogP contribution in [0.2, 0.25) is 0 Å². The van der Waals surface area contributed by atoms with Gasteiger partial charge in [0.15, 0.2) is 0 Å². The summed E-state index contributed by atoms with van der Waals surface area (Å²) in [5.74, 6) is -1.01. The van der Waals surface area contributed by atoms with Crippen LogP contribution in [-0.2, 0) is 4.79 Å². The third-order valence-corrected chi connectivity index (χ3v) is 3.10. The predicted octanol–water partition coefficient (Wildman–Crippen LogP) is 0.944. The first-order valence-corrected chi connectivity index (χ1v) is 5.37. The van der Waals surface area contributed by atoms with Crippen molar-refractivity contribution < 1.29 is 14.7 Å². The van der Waals surface area contributed by atoms with E-state index in [1.165, 1.54) is 18.7 Å². The number of aromatic nitrogens is 1. The Hall–Kier alpha value is -1.98. The van der Waals surface area contributed by atoms with E-state index in [0.29, 0.717) is 6.54 Å². The van der Waals surface area contributed by atoms with E-state index >= 15 is 0 Å². The van der Waals surface area contributed by atoms with E-state index in [4.69, 9.17) is 5.11 Å². The molecule has 3 N–H and O–H groups in total. The highest BCUT2D eigenvalue weighted by atomic mass is 16.4. The molecule has 6 heteroatoms. The van der Waals surface area contributed by atoms with Crippen molar-refractivity contribution in [1.82, 2.24) is 15.2 Å². The lowest BCUT2D eigenvalue weighted by molar-refractivity contribution is -0.147. The maximum Gasteiger partial charge on any atom is 0.329 e. The maximum absolute atomic E-state index is 11.8. The topological polar surface area (TPSA) is 85.4 Å². The summed E-state index contributed by atoms with van der Waals surface area (Å²) in [5, 5.41) is 11.9. The van der Waals surface area contributed by atoms with E-state index < -0.39 is 11.5 Å². The van der Waals surface area contributed by atoms with Gasteiger partial charge in [0.1, 0.15) is 5.54 Å². The van der Waals surface area contributed by atoms with E-state index in [-0.39, 0.29) is 12.1 Å². The molecule has 2 amide bonds. The SMILES string of the molecule is CC(C)(C(=O)O)N1CC(c2ccc[nH]2)NC1=O. The second-order valence-corrected chi connectivity index (χ2v) is 4.60. The summed E-state index contributed by atoms with van der Waals surface area (Å²) in [6.07, 6.45) is 1.77. The molecule has 17 heavy (non-hydrogen) atoms. The smallest absolute Gasteiger partial charge is 0.329 e. The Balaban J connectivity index is 2.19. The highest BCUT2D eigenvalue weighted by molar-refractivity contribution is 5.87. The predicted molar refractivity (Wildman–Crippen MR) is 60.5 cm³/mol. The van der Waals surface area contributed by atoms with Crippen molar-refractivity contribution in [3.8, 4) is 0 Å². The highest BCUT2D eigenvalue weighted by Gasteiger charge is 2.43. The molecule has 0 spiro atoms. The van der Waals surface area contributed by atoms with Crippen LogP contribution >= 0.6 is 0 Å². The number of carbonyl (C=O) groups is 2. The van der Waals surface area contributed by atoms with Gasteiger partial charge < -0.3 is 20.3 Å². The lowest BCUT2D eigenvalue weighted by Gasteiger charge is -2.30. The third kappa shape index (κ3) is 1.86. The summed E-state index contributed by atoms with van der Waals surface area (Å²) in [5.41, 5.74) is -0.326. The van der Waals surface area contributed by atoms with Gasteiger partial charge in [-0.25, -0.2) is 9.59 Å². The number of amides is 2. The number of hydrogen-bond acceptors (Lipinski definition) is 2. The van der Waals surface area contributed by atoms with Gasteiger partial charge in [-0.3, -0.25) is 0 Å². The lowest BCUT2D eigenvalue weighted by atomic mass is 10.0. The first kappa shape index (κ1) is 11.5. The van der Waals surface area contributed by atoms with E-state index in [1.807, 2.05) is 12.1 Å². The van der Waals surface area contributed by atoms with Gasteiger partial charge in [0.2, 0.25) is 0 Å². The fourth-order valence-electron chi connectivity index (χ4n) is 1.87. The monoisotopic (exact) mass is 237 g/mol. The zero-order chi connectivity index (χ0) is 12.6. The van der Waals surface area contributed by atoms with Crippen LogP contribution in [0, 0.1) is 0 Å². The van der Waals surface area contributed by atoms with Crippen LogP contribution in [0.15, 0.2) is 18.3 Å². The van der Waals surface area contributed by atoms with Crippen molar-refractivity contribution in [3.63, 3.8) is 0 Å². The standard InChI is InChI=1S/C11H15N3O3/c1-11(2,9(15)16)14-6-8(13-10(14)17)7-4-3-5-12-7/h3-5,8,12H,6H2,1-2H3,(H,13,17)(H,15,16). The molecule has 1 aliphatic rings. The number of aliphatic carboxylic acids is 1. The Morgan fingerprint density at radius 3 is 2.82 bits per heavy atom. The molecule has 1 atom stereocenters. The summed E-state index contributed by atoms with van der Waals surface area (Å²) in [7, 11) is 0. The van der Waals surface area contributed by atoms with Crippen LogP contribution in [-0.4, -0.2) is 39.1 Å². The molecule has 1 saturated heterocycles. The molecule has 92 valence electrons. The summed E-state index contributed by atoms with van der Waals surface area (Å²) in [6.45, 7) is 3.39. The van der Waals surface area contributed by atoms with Crippen LogP contribution in [0.3, 0.4) is 0 Å². The Labute approximate surface area is 98.6 Å². The van der Waals surface area contributed by atoms with Gasteiger partial charge in [-0.05, 0) is 26.0 Å². The average Bonchev–Trinajstić information content (AvgIpc) is 2.85. The van der Waals surface area contributed by atoms with Crippen molar-refractivity contribution in [2.24, 2.45) is 0 Å². The lowest BCUT2D eigenvalue weighted by Crippen LogP contribution is -2.51. The molecule has 1 aromatic heterocycles. The fourth-order valence-corrected chi connectivity index (χ4v) is 1.87. The molecule has 0 aliphatic carbocycles. The van der Waals surface area contributed by atoms with Gasteiger partial charge in [0.25, 0.3) is 0 Å². The molecule has 1 unspecified atom stereocenters. The molecule has 0 aromatic carbocycles. The summed E-state index contributed by atoms with van der Waals surface area (Å²) >= 11 is 0. The quantitative estimate of drug-likeness (QED) is 0.731. The number of nitrogens with zero attached hydrogens (tertiary/aromatic N) is 1. The molecule has 1 aromatic rings. The molecule has 0 saturated carbocycles. The van der Waals surface area contributed by atoms with Crippen LogP contribution < -0.4 is 5.32 Å². The summed E-state index contributed by atoms with van der Waals surface area (Å²) in [6, 6.07) is 3.17. The number of carboxylic acids is 1. The number of aromatic amines is 1. The normalized spacial score (nSPS) is 20.5. The highest BCUT2D eigenvalue weighted by Crippen LogP contribution is 2.25. The largest absolute Gasteiger partial charge is 0.480 e. The number of carbonyl (C=O) groups excluding carboxylic acids is 1. The Kier molecular flexibility index (Phi) is 2.57. The minimum Gasteiger partial charge on any atom is -0.480 e. The molecule has 2 heterocycles. The number of nitrogens with one attached hydrogen (secondary N) is 2. The second-order valence-electron chi connectivity index (χ2n) is 4.60. The van der Waals surface area contributed by atoms with Crippen molar-refractivity contribution in [3.05, 3.63) is 24.0 Å². The minimum absolute atomic E-state index is 0.184. The second kappa shape index (κ2) is 3.80. The molecule has 1 fully saturated rings. The van der Waals surface area contributed by atoms with Gasteiger partial charge in [0, 0.05) is 18.4 Å². The van der Waals surface area contributed by atoms with E-state index in [9.17, 15) is 9.59 Å². The van der Waals surface area contributed by atoms with Gasteiger partial charge in [-0.2, -0.15) is 0 Å².